The molecule has 13 rings (SSSR count). The molecular formula is C60H40N2. The van der Waals surface area contributed by atoms with Gasteiger partial charge in [-0.15, -0.1) is 0 Å². The van der Waals surface area contributed by atoms with E-state index in [-0.39, 0.29) is 0 Å². The average molecular weight is 789 g/mol. The van der Waals surface area contributed by atoms with Crippen LogP contribution >= 0.6 is 0 Å². The lowest BCUT2D eigenvalue weighted by Gasteiger charge is -2.22. The van der Waals surface area contributed by atoms with Gasteiger partial charge in [0.1, 0.15) is 0 Å². The second kappa shape index (κ2) is 13.5. The van der Waals surface area contributed by atoms with Crippen LogP contribution in [0.15, 0.2) is 206 Å². The predicted molar refractivity (Wildman–Crippen MR) is 266 cm³/mol. The van der Waals surface area contributed by atoms with Gasteiger partial charge in [0.2, 0.25) is 0 Å². The molecule has 0 bridgehead atoms. The molecule has 13 aromatic rings. The van der Waals surface area contributed by atoms with Gasteiger partial charge >= 0.3 is 0 Å². The van der Waals surface area contributed by atoms with Crippen LogP contribution in [0.3, 0.4) is 0 Å². The largest absolute Gasteiger partial charge is 0.354 e. The highest BCUT2D eigenvalue weighted by atomic mass is 15.0. The van der Waals surface area contributed by atoms with E-state index in [1.54, 1.807) is 0 Å². The van der Waals surface area contributed by atoms with Crippen molar-refractivity contribution in [3.05, 3.63) is 206 Å². The Hall–Kier alpha value is -7.94. The summed E-state index contributed by atoms with van der Waals surface area (Å²) in [6.07, 6.45) is 0. The van der Waals surface area contributed by atoms with Crippen LogP contribution in [-0.2, 0) is 6.54 Å². The zero-order chi connectivity index (χ0) is 40.9. The van der Waals surface area contributed by atoms with Crippen molar-refractivity contribution in [3.8, 4) is 44.5 Å². The van der Waals surface area contributed by atoms with E-state index in [9.17, 15) is 0 Å². The summed E-state index contributed by atoms with van der Waals surface area (Å²) in [4.78, 5) is 3.84. The molecule has 290 valence electrons. The number of aromatic nitrogens is 2. The van der Waals surface area contributed by atoms with Crippen LogP contribution in [0.2, 0.25) is 0 Å². The van der Waals surface area contributed by atoms with Crippen molar-refractivity contribution < 1.29 is 0 Å². The zero-order valence-corrected chi connectivity index (χ0v) is 34.3. The minimum atomic E-state index is 0.879. The first kappa shape index (κ1) is 34.9. The topological polar surface area (TPSA) is 20.7 Å². The molecule has 0 aliphatic rings. The molecule has 0 radical (unpaired) electrons. The van der Waals surface area contributed by atoms with Crippen molar-refractivity contribution in [1.82, 2.24) is 9.55 Å². The molecule has 0 saturated heterocycles. The summed E-state index contributed by atoms with van der Waals surface area (Å²) in [6, 6.07) is 76.7. The van der Waals surface area contributed by atoms with E-state index in [4.69, 9.17) is 0 Å². The van der Waals surface area contributed by atoms with Gasteiger partial charge in [0.05, 0.1) is 11.0 Å². The van der Waals surface area contributed by atoms with E-state index in [1.165, 1.54) is 120 Å². The molecule has 0 spiro atoms. The summed E-state index contributed by atoms with van der Waals surface area (Å²) in [6.45, 7) is 3.15. The number of rotatable bonds is 5. The first-order chi connectivity index (χ1) is 30.8. The second-order valence-electron chi connectivity index (χ2n) is 16.6. The first-order valence-electron chi connectivity index (χ1n) is 21.7. The molecule has 2 nitrogen and oxygen atoms in total. The van der Waals surface area contributed by atoms with E-state index in [2.05, 4.69) is 223 Å². The van der Waals surface area contributed by atoms with Crippen molar-refractivity contribution in [3.63, 3.8) is 0 Å². The van der Waals surface area contributed by atoms with Gasteiger partial charge in [-0.2, -0.15) is 0 Å². The Balaban J connectivity index is 1.23. The summed E-state index contributed by atoms with van der Waals surface area (Å²) in [5, 5.41) is 15.0. The van der Waals surface area contributed by atoms with Crippen LogP contribution < -0.4 is 0 Å². The van der Waals surface area contributed by atoms with Crippen LogP contribution in [0.25, 0.3) is 131 Å². The number of fused-ring (bicyclic) bond motifs is 10. The maximum Gasteiger partial charge on any atom is 0.0571 e. The fourth-order valence-electron chi connectivity index (χ4n) is 11.0. The third-order valence-corrected chi connectivity index (χ3v) is 13.5. The third-order valence-electron chi connectivity index (χ3n) is 13.5. The quantitative estimate of drug-likeness (QED) is 0.168. The number of nitrogens with one attached hydrogen (secondary N) is 1. The van der Waals surface area contributed by atoms with E-state index in [0.717, 1.165) is 17.6 Å². The van der Waals surface area contributed by atoms with Crippen LogP contribution in [0.5, 0.6) is 0 Å². The summed E-state index contributed by atoms with van der Waals surface area (Å²) in [7, 11) is 0. The Kier molecular flexibility index (Phi) is 7.62. The average Bonchev–Trinajstić information content (AvgIpc) is 3.88. The summed E-state index contributed by atoms with van der Waals surface area (Å²) in [5.41, 5.74) is 14.8. The lowest BCUT2D eigenvalue weighted by Crippen LogP contribution is -1.96. The molecule has 0 atom stereocenters. The second-order valence-corrected chi connectivity index (χ2v) is 16.6. The Bertz CT molecular complexity index is 3900. The molecular weight excluding hydrogens is 749 g/mol. The molecule has 0 amide bonds. The van der Waals surface area contributed by atoms with Crippen molar-refractivity contribution in [2.45, 2.75) is 13.5 Å². The molecule has 0 unspecified atom stereocenters. The minimum Gasteiger partial charge on any atom is -0.354 e. The Morgan fingerprint density at radius 2 is 0.790 bits per heavy atom. The number of hydrogen-bond acceptors (Lipinski definition) is 0. The molecule has 62 heavy (non-hydrogen) atoms. The number of H-pyrrole nitrogens is 1. The number of aromatic amines is 1. The smallest absolute Gasteiger partial charge is 0.0571 e. The lowest BCUT2D eigenvalue weighted by molar-refractivity contribution is 0.828. The summed E-state index contributed by atoms with van der Waals surface area (Å²) >= 11 is 0. The van der Waals surface area contributed by atoms with Crippen molar-refractivity contribution in [2.24, 2.45) is 0 Å². The van der Waals surface area contributed by atoms with Gasteiger partial charge in [0, 0.05) is 50.2 Å². The van der Waals surface area contributed by atoms with Crippen LogP contribution in [0, 0.1) is 0 Å². The van der Waals surface area contributed by atoms with Gasteiger partial charge < -0.3 is 9.55 Å². The number of nitrogens with zero attached hydrogens (tertiary/aromatic N) is 1. The number of hydrogen-bond donors (Lipinski definition) is 1. The summed E-state index contributed by atoms with van der Waals surface area (Å²) in [5.74, 6) is 0. The standard InChI is InChI=1S/C60H40N2/c1-2-62-55-35-13-11-21-41(55)51-33-17-32-50(60(51)62)39-27-15-29-47-53(39)36-52-38(48-30-16-31-49-40-20-10-12-34-54(40)61-59(48)49)26-14-28-46(52)58(47)57-44-24-8-6-22-42(44)56(37-18-4-3-5-19-37)43-23-7-9-25-45(43)57/h3-36,61H,2H2,1H3. The van der Waals surface area contributed by atoms with Gasteiger partial charge in [0.25, 0.3) is 0 Å². The molecule has 0 saturated carbocycles. The van der Waals surface area contributed by atoms with Crippen molar-refractivity contribution >= 4 is 86.7 Å². The van der Waals surface area contributed by atoms with Gasteiger partial charge in [-0.1, -0.05) is 188 Å². The Morgan fingerprint density at radius 3 is 1.44 bits per heavy atom. The predicted octanol–water partition coefficient (Wildman–Crippen LogP) is 16.7. The molecule has 2 heterocycles. The molecule has 0 aliphatic heterocycles. The zero-order valence-electron chi connectivity index (χ0n) is 34.3. The Labute approximate surface area is 358 Å². The monoisotopic (exact) mass is 788 g/mol. The maximum absolute atomic E-state index is 3.84. The molecule has 2 heteroatoms. The highest BCUT2D eigenvalue weighted by Crippen LogP contribution is 2.51. The van der Waals surface area contributed by atoms with Gasteiger partial charge in [-0.3, -0.25) is 0 Å². The van der Waals surface area contributed by atoms with Crippen LogP contribution in [0.4, 0.5) is 0 Å². The van der Waals surface area contributed by atoms with Gasteiger partial charge in [-0.05, 0) is 102 Å². The number of aryl methyl sites for hydroxylation is 1. The van der Waals surface area contributed by atoms with E-state index in [0.29, 0.717) is 0 Å². The molecule has 0 fully saturated rings. The fourth-order valence-corrected chi connectivity index (χ4v) is 11.0. The highest BCUT2D eigenvalue weighted by molar-refractivity contribution is 6.30. The normalized spacial score (nSPS) is 12.0. The minimum absolute atomic E-state index is 0.879. The lowest BCUT2D eigenvalue weighted by atomic mass is 9.81. The fraction of sp³-hybridized carbons (Fsp3) is 0.0333. The van der Waals surface area contributed by atoms with E-state index in [1.807, 2.05) is 0 Å². The number of benzene rings is 11. The number of para-hydroxylation sites is 4. The molecule has 0 aliphatic carbocycles. The van der Waals surface area contributed by atoms with E-state index < -0.39 is 0 Å². The van der Waals surface area contributed by atoms with Crippen LogP contribution in [-0.4, -0.2) is 9.55 Å². The Morgan fingerprint density at radius 1 is 0.339 bits per heavy atom. The van der Waals surface area contributed by atoms with Crippen molar-refractivity contribution in [1.29, 1.82) is 0 Å². The summed E-state index contributed by atoms with van der Waals surface area (Å²) < 4.78 is 2.51. The molecule has 11 aromatic carbocycles. The van der Waals surface area contributed by atoms with Crippen LogP contribution in [0.1, 0.15) is 6.92 Å². The SMILES string of the molecule is CCn1c2ccccc2c2cccc(-c3cccc4c(-c5c6ccccc6c(-c6ccccc6)c6ccccc56)c5cccc(-c6cccc7c6[nH]c6ccccc67)c5cc34)c21. The van der Waals surface area contributed by atoms with Gasteiger partial charge in [0.15, 0.2) is 0 Å². The molecule has 2 aromatic heterocycles. The highest BCUT2D eigenvalue weighted by Gasteiger charge is 2.24. The third kappa shape index (κ3) is 4.92. The first-order valence-corrected chi connectivity index (χ1v) is 21.7. The maximum atomic E-state index is 3.84. The molecule has 1 N–H and O–H groups in total. The van der Waals surface area contributed by atoms with Gasteiger partial charge in [-0.25, -0.2) is 0 Å². The van der Waals surface area contributed by atoms with Crippen molar-refractivity contribution in [2.75, 3.05) is 0 Å². The van der Waals surface area contributed by atoms with E-state index >= 15 is 0 Å².